The number of nitro benzene ring substituents is 1. The number of rotatable bonds is 3. The maximum absolute atomic E-state index is 10.9. The SMILES string of the molecule is Cc1ccc(Cc2ccc(C)c([N+](=O)[O-])c2)cc1. The Morgan fingerprint density at radius 1 is 1.00 bits per heavy atom. The molecule has 92 valence electrons. The van der Waals surface area contributed by atoms with Gasteiger partial charge in [-0.25, -0.2) is 0 Å². The first-order valence-electron chi connectivity index (χ1n) is 5.86. The van der Waals surface area contributed by atoms with E-state index >= 15 is 0 Å². The maximum Gasteiger partial charge on any atom is 0.272 e. The van der Waals surface area contributed by atoms with Crippen LogP contribution < -0.4 is 0 Å². The Morgan fingerprint density at radius 3 is 2.22 bits per heavy atom. The van der Waals surface area contributed by atoms with Gasteiger partial charge in [0.25, 0.3) is 5.69 Å². The number of hydrogen-bond acceptors (Lipinski definition) is 2. The summed E-state index contributed by atoms with van der Waals surface area (Å²) in [7, 11) is 0. The molecule has 0 aliphatic carbocycles. The third kappa shape index (κ3) is 2.74. The third-order valence-corrected chi connectivity index (χ3v) is 3.00. The van der Waals surface area contributed by atoms with E-state index in [0.717, 1.165) is 12.0 Å². The molecule has 2 aromatic rings. The molecule has 0 spiro atoms. The van der Waals surface area contributed by atoms with Gasteiger partial charge in [-0.15, -0.1) is 0 Å². The lowest BCUT2D eigenvalue weighted by Crippen LogP contribution is -1.95. The Bertz CT molecular complexity index is 574. The van der Waals surface area contributed by atoms with E-state index in [2.05, 4.69) is 24.3 Å². The van der Waals surface area contributed by atoms with Gasteiger partial charge in [0.05, 0.1) is 4.92 Å². The van der Waals surface area contributed by atoms with Gasteiger partial charge in [-0.2, -0.15) is 0 Å². The molecule has 3 heteroatoms. The van der Waals surface area contributed by atoms with Gasteiger partial charge in [0, 0.05) is 11.6 Å². The van der Waals surface area contributed by atoms with Crippen molar-refractivity contribution in [1.82, 2.24) is 0 Å². The molecule has 0 fully saturated rings. The topological polar surface area (TPSA) is 43.1 Å². The zero-order valence-electron chi connectivity index (χ0n) is 10.5. The van der Waals surface area contributed by atoms with Crippen molar-refractivity contribution in [2.75, 3.05) is 0 Å². The average Bonchev–Trinajstić information content (AvgIpc) is 2.34. The van der Waals surface area contributed by atoms with E-state index in [1.165, 1.54) is 11.1 Å². The van der Waals surface area contributed by atoms with Gasteiger partial charge in [0.15, 0.2) is 0 Å². The van der Waals surface area contributed by atoms with E-state index in [4.69, 9.17) is 0 Å². The van der Waals surface area contributed by atoms with Crippen LogP contribution >= 0.6 is 0 Å². The van der Waals surface area contributed by atoms with Crippen LogP contribution in [0.4, 0.5) is 5.69 Å². The summed E-state index contributed by atoms with van der Waals surface area (Å²) in [6.45, 7) is 3.80. The first kappa shape index (κ1) is 12.3. The van der Waals surface area contributed by atoms with E-state index < -0.39 is 0 Å². The predicted octanol–water partition coefficient (Wildman–Crippen LogP) is 3.80. The summed E-state index contributed by atoms with van der Waals surface area (Å²) >= 11 is 0. The number of aryl methyl sites for hydroxylation is 2. The fraction of sp³-hybridized carbons (Fsp3) is 0.200. The van der Waals surface area contributed by atoms with Crippen LogP contribution in [0, 0.1) is 24.0 Å². The van der Waals surface area contributed by atoms with Crippen LogP contribution in [0.15, 0.2) is 42.5 Å². The molecule has 18 heavy (non-hydrogen) atoms. The van der Waals surface area contributed by atoms with E-state index in [1.807, 2.05) is 19.1 Å². The average molecular weight is 241 g/mol. The second-order valence-electron chi connectivity index (χ2n) is 4.54. The molecule has 0 bridgehead atoms. The molecule has 0 saturated heterocycles. The molecule has 0 unspecified atom stereocenters. The van der Waals surface area contributed by atoms with E-state index in [-0.39, 0.29) is 10.6 Å². The molecule has 0 amide bonds. The molecule has 0 heterocycles. The quantitative estimate of drug-likeness (QED) is 0.606. The lowest BCUT2D eigenvalue weighted by molar-refractivity contribution is -0.385. The summed E-state index contributed by atoms with van der Waals surface area (Å²) in [5, 5.41) is 10.9. The summed E-state index contributed by atoms with van der Waals surface area (Å²) in [5.41, 5.74) is 4.25. The van der Waals surface area contributed by atoms with Crippen molar-refractivity contribution < 1.29 is 4.92 Å². The van der Waals surface area contributed by atoms with E-state index in [9.17, 15) is 10.1 Å². The molecule has 0 radical (unpaired) electrons. The number of nitrogens with zero attached hydrogens (tertiary/aromatic N) is 1. The third-order valence-electron chi connectivity index (χ3n) is 3.00. The van der Waals surface area contributed by atoms with Crippen LogP contribution in [0.1, 0.15) is 22.3 Å². The zero-order chi connectivity index (χ0) is 13.1. The van der Waals surface area contributed by atoms with Crippen LogP contribution in [0.5, 0.6) is 0 Å². The summed E-state index contributed by atoms with van der Waals surface area (Å²) in [6.07, 6.45) is 0.724. The molecule has 0 aromatic heterocycles. The van der Waals surface area contributed by atoms with E-state index in [0.29, 0.717) is 5.56 Å². The molecule has 0 aliphatic heterocycles. The highest BCUT2D eigenvalue weighted by Crippen LogP contribution is 2.21. The normalized spacial score (nSPS) is 10.3. The molecule has 0 atom stereocenters. The number of hydrogen-bond donors (Lipinski definition) is 0. The van der Waals surface area contributed by atoms with Gasteiger partial charge in [0.1, 0.15) is 0 Å². The monoisotopic (exact) mass is 241 g/mol. The highest BCUT2D eigenvalue weighted by molar-refractivity contribution is 5.43. The highest BCUT2D eigenvalue weighted by atomic mass is 16.6. The minimum absolute atomic E-state index is 0.194. The van der Waals surface area contributed by atoms with Crippen molar-refractivity contribution in [3.63, 3.8) is 0 Å². The molecule has 0 saturated carbocycles. The lowest BCUT2D eigenvalue weighted by atomic mass is 10.0. The summed E-state index contributed by atoms with van der Waals surface area (Å²) in [4.78, 5) is 10.6. The van der Waals surface area contributed by atoms with Crippen molar-refractivity contribution >= 4 is 5.69 Å². The summed E-state index contributed by atoms with van der Waals surface area (Å²) in [5.74, 6) is 0. The molecular weight excluding hydrogens is 226 g/mol. The van der Waals surface area contributed by atoms with Crippen LogP contribution in [0.25, 0.3) is 0 Å². The van der Waals surface area contributed by atoms with Crippen molar-refractivity contribution in [1.29, 1.82) is 0 Å². The Kier molecular flexibility index (Phi) is 3.42. The largest absolute Gasteiger partial charge is 0.272 e. The van der Waals surface area contributed by atoms with Gasteiger partial charge in [-0.3, -0.25) is 10.1 Å². The van der Waals surface area contributed by atoms with Crippen molar-refractivity contribution in [2.24, 2.45) is 0 Å². The highest BCUT2D eigenvalue weighted by Gasteiger charge is 2.10. The lowest BCUT2D eigenvalue weighted by Gasteiger charge is -2.04. The Hall–Kier alpha value is -2.16. The van der Waals surface area contributed by atoms with Crippen molar-refractivity contribution in [3.8, 4) is 0 Å². The maximum atomic E-state index is 10.9. The molecule has 2 aromatic carbocycles. The molecule has 3 nitrogen and oxygen atoms in total. The van der Waals surface area contributed by atoms with Gasteiger partial charge in [-0.05, 0) is 31.4 Å². The van der Waals surface area contributed by atoms with Gasteiger partial charge < -0.3 is 0 Å². The number of nitro groups is 1. The van der Waals surface area contributed by atoms with Crippen LogP contribution in [-0.4, -0.2) is 4.92 Å². The molecular formula is C15H15NO2. The minimum atomic E-state index is -0.325. The second kappa shape index (κ2) is 5.00. The first-order chi connectivity index (χ1) is 8.56. The number of benzene rings is 2. The summed E-state index contributed by atoms with van der Waals surface area (Å²) < 4.78 is 0. The van der Waals surface area contributed by atoms with Crippen LogP contribution in [-0.2, 0) is 6.42 Å². The van der Waals surface area contributed by atoms with E-state index in [1.54, 1.807) is 13.0 Å². The second-order valence-corrected chi connectivity index (χ2v) is 4.54. The first-order valence-corrected chi connectivity index (χ1v) is 5.86. The Morgan fingerprint density at radius 2 is 1.61 bits per heavy atom. The molecule has 0 N–H and O–H groups in total. The van der Waals surface area contributed by atoms with Crippen LogP contribution in [0.3, 0.4) is 0 Å². The molecule has 2 rings (SSSR count). The van der Waals surface area contributed by atoms with Gasteiger partial charge in [0.2, 0.25) is 0 Å². The minimum Gasteiger partial charge on any atom is -0.258 e. The standard InChI is InChI=1S/C15H15NO2/c1-11-3-6-13(7-4-11)9-14-8-5-12(2)15(10-14)16(17)18/h3-8,10H,9H2,1-2H3. The fourth-order valence-corrected chi connectivity index (χ4v) is 1.90. The summed E-state index contributed by atoms with van der Waals surface area (Å²) in [6, 6.07) is 13.6. The molecule has 0 aliphatic rings. The van der Waals surface area contributed by atoms with Crippen molar-refractivity contribution in [2.45, 2.75) is 20.3 Å². The Labute approximate surface area is 106 Å². The van der Waals surface area contributed by atoms with Gasteiger partial charge in [-0.1, -0.05) is 42.0 Å². The van der Waals surface area contributed by atoms with Crippen LogP contribution in [0.2, 0.25) is 0 Å². The predicted molar refractivity (Wildman–Crippen MR) is 71.8 cm³/mol. The van der Waals surface area contributed by atoms with Gasteiger partial charge >= 0.3 is 0 Å². The fourth-order valence-electron chi connectivity index (χ4n) is 1.90. The van der Waals surface area contributed by atoms with Crippen molar-refractivity contribution in [3.05, 3.63) is 74.8 Å². The zero-order valence-corrected chi connectivity index (χ0v) is 10.5. The smallest absolute Gasteiger partial charge is 0.258 e. The Balaban J connectivity index is 2.27.